The summed E-state index contributed by atoms with van der Waals surface area (Å²) in [5.41, 5.74) is 2.53. The van der Waals surface area contributed by atoms with Crippen molar-refractivity contribution in [3.05, 3.63) is 59.4 Å². The van der Waals surface area contributed by atoms with Crippen LogP contribution in [0.5, 0.6) is 5.75 Å². The van der Waals surface area contributed by atoms with Crippen LogP contribution in [0.2, 0.25) is 0 Å². The Hall–Kier alpha value is -2.36. The lowest BCUT2D eigenvalue weighted by molar-refractivity contribution is -0.115. The first-order valence-corrected chi connectivity index (χ1v) is 8.74. The molecule has 0 heterocycles. The molecule has 0 unspecified atom stereocenters. The Morgan fingerprint density at radius 3 is 2.64 bits per heavy atom. The largest absolute Gasteiger partial charge is 0.494 e. The van der Waals surface area contributed by atoms with Crippen LogP contribution < -0.4 is 20.7 Å². The molecule has 0 aliphatic heterocycles. The van der Waals surface area contributed by atoms with Gasteiger partial charge in [0.2, 0.25) is 5.91 Å². The summed E-state index contributed by atoms with van der Waals surface area (Å²) in [4.78, 5) is 16.1. The molecule has 0 fully saturated rings. The van der Waals surface area contributed by atoms with E-state index >= 15 is 0 Å². The van der Waals surface area contributed by atoms with Crippen LogP contribution in [0.25, 0.3) is 0 Å². The molecule has 0 atom stereocenters. The molecule has 0 saturated carbocycles. The van der Waals surface area contributed by atoms with Crippen LogP contribution in [-0.4, -0.2) is 32.1 Å². The smallest absolute Gasteiger partial charge is 0.243 e. The normalized spacial score (nSPS) is 10.6. The fraction of sp³-hybridized carbons (Fsp3) is 0.300. The first kappa shape index (κ1) is 23.7. The van der Waals surface area contributed by atoms with Crippen molar-refractivity contribution >= 4 is 41.5 Å². The summed E-state index contributed by atoms with van der Waals surface area (Å²) in [6.07, 6.45) is 0. The number of aliphatic imine (C=N–C) groups is 1. The first-order valence-electron chi connectivity index (χ1n) is 8.74. The molecule has 8 heteroatoms. The van der Waals surface area contributed by atoms with Crippen LogP contribution in [0.3, 0.4) is 0 Å². The minimum atomic E-state index is -0.401. The number of guanidine groups is 1. The van der Waals surface area contributed by atoms with Gasteiger partial charge in [0.15, 0.2) is 5.96 Å². The van der Waals surface area contributed by atoms with Gasteiger partial charge in [0.1, 0.15) is 11.6 Å². The van der Waals surface area contributed by atoms with Crippen LogP contribution in [0, 0.1) is 12.7 Å². The van der Waals surface area contributed by atoms with Gasteiger partial charge in [-0.2, -0.15) is 0 Å². The first-order chi connectivity index (χ1) is 13.0. The molecule has 0 aliphatic rings. The van der Waals surface area contributed by atoms with Gasteiger partial charge < -0.3 is 20.7 Å². The SMILES string of the molecule is CCOc1cc(C)ccc1CNC(=NC)NCC(=O)Nc1cccc(F)c1.I. The van der Waals surface area contributed by atoms with Crippen molar-refractivity contribution in [2.45, 2.75) is 20.4 Å². The molecular weight excluding hydrogens is 474 g/mol. The number of hydrogen-bond donors (Lipinski definition) is 3. The maximum atomic E-state index is 13.2. The summed E-state index contributed by atoms with van der Waals surface area (Å²) >= 11 is 0. The van der Waals surface area contributed by atoms with E-state index < -0.39 is 5.82 Å². The minimum Gasteiger partial charge on any atom is -0.494 e. The van der Waals surface area contributed by atoms with Gasteiger partial charge in [-0.05, 0) is 43.7 Å². The molecule has 0 bridgehead atoms. The van der Waals surface area contributed by atoms with E-state index in [0.717, 1.165) is 16.9 Å². The predicted molar refractivity (Wildman–Crippen MR) is 121 cm³/mol. The summed E-state index contributed by atoms with van der Waals surface area (Å²) in [6, 6.07) is 11.7. The van der Waals surface area contributed by atoms with Crippen molar-refractivity contribution in [1.29, 1.82) is 0 Å². The average Bonchev–Trinajstić information content (AvgIpc) is 2.63. The van der Waals surface area contributed by atoms with E-state index in [1.807, 2.05) is 32.0 Å². The lowest BCUT2D eigenvalue weighted by atomic mass is 10.1. The number of halogens is 2. The zero-order chi connectivity index (χ0) is 19.6. The number of nitrogens with zero attached hydrogens (tertiary/aromatic N) is 1. The standard InChI is InChI=1S/C20H25FN4O2.HI/c1-4-27-18-10-14(2)8-9-15(18)12-23-20(22-3)24-13-19(26)25-17-7-5-6-16(21)11-17;/h5-11H,4,12-13H2,1-3H3,(H,25,26)(H2,22,23,24);1H. The predicted octanol–water partition coefficient (Wildman–Crippen LogP) is 3.45. The van der Waals surface area contributed by atoms with E-state index in [2.05, 4.69) is 20.9 Å². The number of anilines is 1. The number of ether oxygens (including phenoxy) is 1. The maximum Gasteiger partial charge on any atom is 0.243 e. The molecule has 0 aromatic heterocycles. The topological polar surface area (TPSA) is 74.8 Å². The Labute approximate surface area is 182 Å². The van der Waals surface area contributed by atoms with Crippen LogP contribution in [-0.2, 0) is 11.3 Å². The molecule has 2 aromatic rings. The molecule has 2 aromatic carbocycles. The highest BCUT2D eigenvalue weighted by Gasteiger charge is 2.07. The molecule has 2 rings (SSSR count). The molecule has 152 valence electrons. The summed E-state index contributed by atoms with van der Waals surface area (Å²) in [5, 5.41) is 8.70. The molecule has 3 N–H and O–H groups in total. The Balaban J connectivity index is 0.00000392. The third-order valence-electron chi connectivity index (χ3n) is 3.72. The number of rotatable bonds is 7. The number of amides is 1. The molecule has 0 radical (unpaired) electrons. The van der Waals surface area contributed by atoms with E-state index in [4.69, 9.17) is 4.74 Å². The van der Waals surface area contributed by atoms with Crippen molar-refractivity contribution in [2.24, 2.45) is 4.99 Å². The number of carbonyl (C=O) groups excluding carboxylic acids is 1. The summed E-state index contributed by atoms with van der Waals surface area (Å²) in [6.45, 7) is 5.04. The van der Waals surface area contributed by atoms with Gasteiger partial charge in [0, 0.05) is 24.8 Å². The fourth-order valence-electron chi connectivity index (χ4n) is 2.43. The van der Waals surface area contributed by atoms with E-state index in [-0.39, 0.29) is 36.4 Å². The van der Waals surface area contributed by atoms with E-state index in [9.17, 15) is 9.18 Å². The molecule has 0 spiro atoms. The summed E-state index contributed by atoms with van der Waals surface area (Å²) in [7, 11) is 1.62. The van der Waals surface area contributed by atoms with Gasteiger partial charge in [0.05, 0.1) is 13.2 Å². The van der Waals surface area contributed by atoms with Gasteiger partial charge in [0.25, 0.3) is 0 Å². The van der Waals surface area contributed by atoms with Crippen LogP contribution in [0.4, 0.5) is 10.1 Å². The molecule has 0 aliphatic carbocycles. The molecule has 6 nitrogen and oxygen atoms in total. The van der Waals surface area contributed by atoms with Gasteiger partial charge in [-0.3, -0.25) is 9.79 Å². The minimum absolute atomic E-state index is 0. The van der Waals surface area contributed by atoms with Crippen LogP contribution in [0.1, 0.15) is 18.1 Å². The van der Waals surface area contributed by atoms with E-state index in [1.165, 1.54) is 18.2 Å². The van der Waals surface area contributed by atoms with Crippen LogP contribution >= 0.6 is 24.0 Å². The second-order valence-corrected chi connectivity index (χ2v) is 5.88. The third kappa shape index (κ3) is 7.71. The van der Waals surface area contributed by atoms with Crippen molar-refractivity contribution in [2.75, 3.05) is 25.5 Å². The summed E-state index contributed by atoms with van der Waals surface area (Å²) < 4.78 is 18.8. The monoisotopic (exact) mass is 500 g/mol. The quantitative estimate of drug-likeness (QED) is 0.310. The number of hydrogen-bond acceptors (Lipinski definition) is 3. The second kappa shape index (κ2) is 12.2. The van der Waals surface area contributed by atoms with Crippen molar-refractivity contribution < 1.29 is 13.9 Å². The number of aryl methyl sites for hydroxylation is 1. The highest BCUT2D eigenvalue weighted by molar-refractivity contribution is 14.0. The Morgan fingerprint density at radius 2 is 1.96 bits per heavy atom. The van der Waals surface area contributed by atoms with Gasteiger partial charge in [-0.15, -0.1) is 24.0 Å². The molecule has 28 heavy (non-hydrogen) atoms. The Kier molecular flexibility index (Phi) is 10.3. The lowest BCUT2D eigenvalue weighted by Gasteiger charge is -2.15. The van der Waals surface area contributed by atoms with Gasteiger partial charge >= 0.3 is 0 Å². The number of nitrogens with one attached hydrogen (secondary N) is 3. The fourth-order valence-corrected chi connectivity index (χ4v) is 2.43. The molecular formula is C20H26FIN4O2. The Morgan fingerprint density at radius 1 is 1.18 bits per heavy atom. The molecule has 1 amide bonds. The second-order valence-electron chi connectivity index (χ2n) is 5.88. The zero-order valence-electron chi connectivity index (χ0n) is 16.2. The van der Waals surface area contributed by atoms with E-state index in [1.54, 1.807) is 13.1 Å². The van der Waals surface area contributed by atoms with Crippen molar-refractivity contribution in [3.63, 3.8) is 0 Å². The highest BCUT2D eigenvalue weighted by atomic mass is 127. The zero-order valence-corrected chi connectivity index (χ0v) is 18.5. The van der Waals surface area contributed by atoms with Crippen LogP contribution in [0.15, 0.2) is 47.5 Å². The summed E-state index contributed by atoms with van der Waals surface area (Å²) in [5.74, 6) is 0.604. The third-order valence-corrected chi connectivity index (χ3v) is 3.72. The van der Waals surface area contributed by atoms with Crippen molar-refractivity contribution in [1.82, 2.24) is 10.6 Å². The average molecular weight is 500 g/mol. The lowest BCUT2D eigenvalue weighted by Crippen LogP contribution is -2.41. The van der Waals surface area contributed by atoms with Gasteiger partial charge in [-0.25, -0.2) is 4.39 Å². The number of carbonyl (C=O) groups is 1. The molecule has 0 saturated heterocycles. The number of benzene rings is 2. The maximum absolute atomic E-state index is 13.2. The Bertz CT molecular complexity index is 815. The van der Waals surface area contributed by atoms with Crippen molar-refractivity contribution in [3.8, 4) is 5.75 Å². The van der Waals surface area contributed by atoms with Gasteiger partial charge in [-0.1, -0.05) is 18.2 Å². The van der Waals surface area contributed by atoms with E-state index in [0.29, 0.717) is 24.8 Å². The highest BCUT2D eigenvalue weighted by Crippen LogP contribution is 2.20.